The lowest BCUT2D eigenvalue weighted by Crippen LogP contribution is -2.13. The zero-order valence-corrected chi connectivity index (χ0v) is 10.3. The molecule has 0 amide bonds. The molecule has 5 nitrogen and oxygen atoms in total. The highest BCUT2D eigenvalue weighted by molar-refractivity contribution is 7.92. The molecule has 9 heteroatoms. The first kappa shape index (κ1) is 14.4. The lowest BCUT2D eigenvalue weighted by molar-refractivity contribution is -0.137. The second kappa shape index (κ2) is 4.56. The third-order valence-corrected chi connectivity index (χ3v) is 2.54. The molecule has 0 unspecified atom stereocenters. The number of sulfonamides is 1. The minimum Gasteiger partial charge on any atom is -0.492 e. The zero-order chi connectivity index (χ0) is 14.1. The number of nitrogen functional groups attached to an aromatic ring is 1. The standard InChI is InChI=1S/C9H11F3N2O3S/c1-17-8-6(13)3-5(9(10,11)12)4-7(8)14-18(2,15)16/h3-4,14H,13H2,1-2H3. The summed E-state index contributed by atoms with van der Waals surface area (Å²) in [4.78, 5) is 0. The van der Waals surface area contributed by atoms with Crippen LogP contribution in [-0.2, 0) is 16.2 Å². The maximum Gasteiger partial charge on any atom is 0.416 e. The van der Waals surface area contributed by atoms with Crippen molar-refractivity contribution >= 4 is 21.4 Å². The largest absolute Gasteiger partial charge is 0.492 e. The van der Waals surface area contributed by atoms with E-state index in [0.717, 1.165) is 6.26 Å². The fourth-order valence-corrected chi connectivity index (χ4v) is 1.87. The smallest absolute Gasteiger partial charge is 0.416 e. The Morgan fingerprint density at radius 1 is 1.33 bits per heavy atom. The van der Waals surface area contributed by atoms with Crippen LogP contribution in [0.1, 0.15) is 5.56 Å². The van der Waals surface area contributed by atoms with Gasteiger partial charge >= 0.3 is 6.18 Å². The van der Waals surface area contributed by atoms with E-state index in [1.807, 2.05) is 4.72 Å². The van der Waals surface area contributed by atoms with E-state index in [1.165, 1.54) is 7.11 Å². The van der Waals surface area contributed by atoms with Crippen molar-refractivity contribution in [3.63, 3.8) is 0 Å². The first-order valence-electron chi connectivity index (χ1n) is 4.57. The van der Waals surface area contributed by atoms with Crippen LogP contribution in [0.5, 0.6) is 5.75 Å². The Labute approximate surface area is 102 Å². The van der Waals surface area contributed by atoms with Crippen molar-refractivity contribution in [3.05, 3.63) is 17.7 Å². The number of nitrogens with one attached hydrogen (secondary N) is 1. The Kier molecular flexibility index (Phi) is 3.65. The average molecular weight is 284 g/mol. The van der Waals surface area contributed by atoms with E-state index in [-0.39, 0.29) is 17.1 Å². The minimum absolute atomic E-state index is 0.159. The van der Waals surface area contributed by atoms with Crippen molar-refractivity contribution in [2.45, 2.75) is 6.18 Å². The van der Waals surface area contributed by atoms with Gasteiger partial charge in [-0.15, -0.1) is 0 Å². The van der Waals surface area contributed by atoms with Gasteiger partial charge in [0.1, 0.15) is 0 Å². The lowest BCUT2D eigenvalue weighted by atomic mass is 10.1. The van der Waals surface area contributed by atoms with Crippen LogP contribution in [-0.4, -0.2) is 21.8 Å². The Morgan fingerprint density at radius 3 is 2.28 bits per heavy atom. The van der Waals surface area contributed by atoms with Gasteiger partial charge in [-0.05, 0) is 12.1 Å². The average Bonchev–Trinajstić information content (AvgIpc) is 2.13. The van der Waals surface area contributed by atoms with Crippen LogP contribution >= 0.6 is 0 Å². The summed E-state index contributed by atoms with van der Waals surface area (Å²) in [5.74, 6) is -0.159. The molecule has 0 saturated carbocycles. The van der Waals surface area contributed by atoms with Crippen LogP contribution in [0.25, 0.3) is 0 Å². The summed E-state index contributed by atoms with van der Waals surface area (Å²) in [6, 6.07) is 1.29. The quantitative estimate of drug-likeness (QED) is 0.827. The summed E-state index contributed by atoms with van der Waals surface area (Å²) < 4.78 is 66.4. The molecular weight excluding hydrogens is 273 g/mol. The van der Waals surface area contributed by atoms with E-state index < -0.39 is 21.8 Å². The number of alkyl halides is 3. The number of anilines is 2. The van der Waals surface area contributed by atoms with Crippen LogP contribution in [0.15, 0.2) is 12.1 Å². The molecule has 0 radical (unpaired) electrons. The molecule has 0 aliphatic heterocycles. The summed E-state index contributed by atoms with van der Waals surface area (Å²) in [5, 5.41) is 0. The van der Waals surface area contributed by atoms with Gasteiger partial charge in [0.15, 0.2) is 5.75 Å². The van der Waals surface area contributed by atoms with Crippen molar-refractivity contribution in [1.82, 2.24) is 0 Å². The lowest BCUT2D eigenvalue weighted by Gasteiger charge is -2.15. The molecule has 0 aliphatic rings. The Bertz CT molecular complexity index is 555. The zero-order valence-electron chi connectivity index (χ0n) is 9.50. The van der Waals surface area contributed by atoms with Gasteiger partial charge in [-0.25, -0.2) is 8.42 Å². The van der Waals surface area contributed by atoms with E-state index in [4.69, 9.17) is 10.5 Å². The van der Waals surface area contributed by atoms with Gasteiger partial charge in [0.2, 0.25) is 10.0 Å². The van der Waals surface area contributed by atoms with Gasteiger partial charge in [-0.2, -0.15) is 13.2 Å². The number of benzene rings is 1. The van der Waals surface area contributed by atoms with Crippen molar-refractivity contribution in [2.24, 2.45) is 0 Å². The fourth-order valence-electron chi connectivity index (χ4n) is 1.32. The monoisotopic (exact) mass is 284 g/mol. The molecule has 0 atom stereocenters. The van der Waals surface area contributed by atoms with E-state index in [9.17, 15) is 21.6 Å². The van der Waals surface area contributed by atoms with E-state index in [1.54, 1.807) is 0 Å². The molecule has 0 bridgehead atoms. The molecule has 102 valence electrons. The van der Waals surface area contributed by atoms with Gasteiger partial charge in [-0.3, -0.25) is 4.72 Å². The Morgan fingerprint density at radius 2 is 1.89 bits per heavy atom. The van der Waals surface area contributed by atoms with Crippen LogP contribution in [0.2, 0.25) is 0 Å². The molecule has 0 aromatic heterocycles. The van der Waals surface area contributed by atoms with Gasteiger partial charge in [0, 0.05) is 0 Å². The number of rotatable bonds is 3. The predicted octanol–water partition coefficient (Wildman–Crippen LogP) is 1.67. The van der Waals surface area contributed by atoms with Crippen LogP contribution in [0.3, 0.4) is 0 Å². The molecule has 0 aliphatic carbocycles. The van der Waals surface area contributed by atoms with E-state index >= 15 is 0 Å². The van der Waals surface area contributed by atoms with Gasteiger partial charge in [-0.1, -0.05) is 0 Å². The molecule has 18 heavy (non-hydrogen) atoms. The van der Waals surface area contributed by atoms with E-state index in [2.05, 4.69) is 0 Å². The molecular formula is C9H11F3N2O3S. The molecule has 0 fully saturated rings. The van der Waals surface area contributed by atoms with E-state index in [0.29, 0.717) is 12.1 Å². The number of halogens is 3. The maximum atomic E-state index is 12.5. The first-order chi connectivity index (χ1) is 8.04. The second-order valence-corrected chi connectivity index (χ2v) is 5.27. The summed E-state index contributed by atoms with van der Waals surface area (Å²) in [7, 11) is -2.57. The highest BCUT2D eigenvalue weighted by atomic mass is 32.2. The summed E-state index contributed by atoms with van der Waals surface area (Å²) >= 11 is 0. The molecule has 0 saturated heterocycles. The molecule has 3 N–H and O–H groups in total. The molecule has 0 spiro atoms. The number of hydrogen-bond acceptors (Lipinski definition) is 4. The minimum atomic E-state index is -4.63. The Balaban J connectivity index is 3.42. The van der Waals surface area contributed by atoms with Crippen molar-refractivity contribution in [3.8, 4) is 5.75 Å². The SMILES string of the molecule is COc1c(N)cc(C(F)(F)F)cc1NS(C)(=O)=O. The number of hydrogen-bond donors (Lipinski definition) is 2. The number of methoxy groups -OCH3 is 1. The highest BCUT2D eigenvalue weighted by Crippen LogP contribution is 2.39. The number of ether oxygens (including phenoxy) is 1. The number of nitrogens with two attached hydrogens (primary N) is 1. The maximum absolute atomic E-state index is 12.5. The van der Waals surface area contributed by atoms with Gasteiger partial charge in [0.05, 0.1) is 30.3 Å². The normalized spacial score (nSPS) is 12.3. The summed E-state index contributed by atoms with van der Waals surface area (Å²) in [6.45, 7) is 0. The van der Waals surface area contributed by atoms with Crippen molar-refractivity contribution in [2.75, 3.05) is 23.8 Å². The molecule has 1 aromatic rings. The predicted molar refractivity (Wildman–Crippen MR) is 60.9 cm³/mol. The Hall–Kier alpha value is -1.64. The topological polar surface area (TPSA) is 81.4 Å². The highest BCUT2D eigenvalue weighted by Gasteiger charge is 2.32. The summed E-state index contributed by atoms with van der Waals surface area (Å²) in [5.41, 5.74) is 3.66. The third-order valence-electron chi connectivity index (χ3n) is 1.94. The van der Waals surface area contributed by atoms with Gasteiger partial charge < -0.3 is 10.5 Å². The van der Waals surface area contributed by atoms with Crippen molar-refractivity contribution in [1.29, 1.82) is 0 Å². The summed E-state index contributed by atoms with van der Waals surface area (Å²) in [6.07, 6.45) is -3.82. The van der Waals surface area contributed by atoms with Crippen molar-refractivity contribution < 1.29 is 26.3 Å². The molecule has 1 aromatic carbocycles. The van der Waals surface area contributed by atoms with Gasteiger partial charge in [0.25, 0.3) is 0 Å². The van der Waals surface area contributed by atoms with Crippen LogP contribution < -0.4 is 15.2 Å². The van der Waals surface area contributed by atoms with Crippen LogP contribution in [0.4, 0.5) is 24.5 Å². The first-order valence-corrected chi connectivity index (χ1v) is 6.46. The molecule has 0 heterocycles. The van der Waals surface area contributed by atoms with Crippen LogP contribution in [0, 0.1) is 0 Å². The molecule has 1 rings (SSSR count). The second-order valence-electron chi connectivity index (χ2n) is 3.52. The third kappa shape index (κ3) is 3.42. The fraction of sp³-hybridized carbons (Fsp3) is 0.333.